The van der Waals surface area contributed by atoms with Crippen molar-refractivity contribution in [2.75, 3.05) is 0 Å². The number of sulfonamides is 1. The average Bonchev–Trinajstić information content (AvgIpc) is 2.27. The maximum absolute atomic E-state index is 12.9. The van der Waals surface area contributed by atoms with E-state index in [2.05, 4.69) is 21.9 Å². The summed E-state index contributed by atoms with van der Waals surface area (Å²) in [4.78, 5) is 10.6. The molecule has 0 aliphatic carbocycles. The van der Waals surface area contributed by atoms with Gasteiger partial charge in [-0.1, -0.05) is 0 Å². The fourth-order valence-corrected chi connectivity index (χ4v) is 3.48. The second kappa shape index (κ2) is 6.14. The van der Waals surface area contributed by atoms with Crippen molar-refractivity contribution in [3.05, 3.63) is 28.5 Å². The number of carboxylic acid groups (broad SMARTS) is 1. The summed E-state index contributed by atoms with van der Waals surface area (Å²) in [6.45, 7) is 0. The lowest BCUT2D eigenvalue weighted by Gasteiger charge is -2.13. The molecule has 1 aromatic rings. The van der Waals surface area contributed by atoms with E-state index in [4.69, 9.17) is 11.5 Å². The topological polar surface area (TPSA) is 83.5 Å². The summed E-state index contributed by atoms with van der Waals surface area (Å²) in [6, 6.07) is 1.50. The maximum Gasteiger partial charge on any atom is 0.322 e. The van der Waals surface area contributed by atoms with Gasteiger partial charge in [0.2, 0.25) is 10.0 Å². The summed E-state index contributed by atoms with van der Waals surface area (Å²) in [5, 5.41) is 8.83. The van der Waals surface area contributed by atoms with Crippen molar-refractivity contribution in [3.8, 4) is 12.3 Å². The molecule has 0 saturated heterocycles. The van der Waals surface area contributed by atoms with Crippen LogP contribution in [0.1, 0.15) is 6.42 Å². The lowest BCUT2D eigenvalue weighted by Crippen LogP contribution is -2.40. The number of terminal acetylenes is 1. The smallest absolute Gasteiger partial charge is 0.322 e. The molecule has 1 rings (SSSR count). The molecule has 0 amide bonds. The molecule has 0 fully saturated rings. The van der Waals surface area contributed by atoms with E-state index in [0.717, 1.165) is 18.2 Å². The molecule has 19 heavy (non-hydrogen) atoms. The van der Waals surface area contributed by atoms with Gasteiger partial charge < -0.3 is 5.11 Å². The molecule has 0 bridgehead atoms. The molecule has 1 aromatic carbocycles. The minimum absolute atomic E-state index is 0.00940. The SMILES string of the molecule is C#CCC(NS(=O)(=O)c1ccc(F)cc1Br)C(=O)O. The molecule has 8 heteroatoms. The van der Waals surface area contributed by atoms with Gasteiger partial charge in [0.1, 0.15) is 11.9 Å². The van der Waals surface area contributed by atoms with Crippen LogP contribution in [-0.2, 0) is 14.8 Å². The van der Waals surface area contributed by atoms with Crippen LogP contribution in [0.3, 0.4) is 0 Å². The zero-order chi connectivity index (χ0) is 14.6. The highest BCUT2D eigenvalue weighted by molar-refractivity contribution is 9.10. The summed E-state index contributed by atoms with van der Waals surface area (Å²) < 4.78 is 38.7. The van der Waals surface area contributed by atoms with Crippen LogP contribution in [0.4, 0.5) is 4.39 Å². The number of benzene rings is 1. The van der Waals surface area contributed by atoms with Gasteiger partial charge in [0.05, 0.1) is 4.90 Å². The molecule has 0 aromatic heterocycles. The number of hydrogen-bond donors (Lipinski definition) is 2. The Bertz CT molecular complexity index is 639. The van der Waals surface area contributed by atoms with Gasteiger partial charge in [-0.2, -0.15) is 4.72 Å². The van der Waals surface area contributed by atoms with E-state index < -0.39 is 27.9 Å². The predicted molar refractivity (Wildman–Crippen MR) is 69.3 cm³/mol. The van der Waals surface area contributed by atoms with Gasteiger partial charge in [0.15, 0.2) is 0 Å². The molecule has 0 radical (unpaired) electrons. The number of rotatable bonds is 5. The highest BCUT2D eigenvalue weighted by atomic mass is 79.9. The van der Waals surface area contributed by atoms with E-state index >= 15 is 0 Å². The van der Waals surface area contributed by atoms with E-state index in [9.17, 15) is 17.6 Å². The van der Waals surface area contributed by atoms with Crippen LogP contribution in [0.2, 0.25) is 0 Å². The molecular formula is C11H9BrFNO4S. The van der Waals surface area contributed by atoms with Crippen molar-refractivity contribution >= 4 is 31.9 Å². The Labute approximate surface area is 118 Å². The quantitative estimate of drug-likeness (QED) is 0.786. The number of carboxylic acids is 1. The van der Waals surface area contributed by atoms with Gasteiger partial charge in [-0.15, -0.1) is 12.3 Å². The number of carbonyl (C=O) groups is 1. The molecule has 0 aliphatic heterocycles. The first-order valence-corrected chi connectivity index (χ1v) is 7.19. The lowest BCUT2D eigenvalue weighted by molar-refractivity contribution is -0.138. The Morgan fingerprint density at radius 1 is 1.58 bits per heavy atom. The number of halogens is 2. The Morgan fingerprint density at radius 3 is 2.68 bits per heavy atom. The zero-order valence-electron chi connectivity index (χ0n) is 9.43. The van der Waals surface area contributed by atoms with Crippen molar-refractivity contribution in [2.24, 2.45) is 0 Å². The number of nitrogens with one attached hydrogen (secondary N) is 1. The highest BCUT2D eigenvalue weighted by Crippen LogP contribution is 2.23. The van der Waals surface area contributed by atoms with Gasteiger partial charge in [0, 0.05) is 10.9 Å². The summed E-state index contributed by atoms with van der Waals surface area (Å²) in [6.07, 6.45) is 4.67. The number of hydrogen-bond acceptors (Lipinski definition) is 3. The van der Waals surface area contributed by atoms with Crippen LogP contribution in [0.15, 0.2) is 27.6 Å². The molecule has 0 saturated carbocycles. The molecule has 0 aliphatic rings. The van der Waals surface area contributed by atoms with Crippen molar-refractivity contribution in [1.82, 2.24) is 4.72 Å². The van der Waals surface area contributed by atoms with Gasteiger partial charge in [0.25, 0.3) is 0 Å². The summed E-state index contributed by atoms with van der Waals surface area (Å²) in [5.41, 5.74) is 0. The molecular weight excluding hydrogens is 341 g/mol. The highest BCUT2D eigenvalue weighted by Gasteiger charge is 2.26. The van der Waals surface area contributed by atoms with Gasteiger partial charge >= 0.3 is 5.97 Å². The zero-order valence-corrected chi connectivity index (χ0v) is 11.8. The van der Waals surface area contributed by atoms with E-state index in [-0.39, 0.29) is 15.8 Å². The van der Waals surface area contributed by atoms with E-state index in [0.29, 0.717) is 0 Å². The van der Waals surface area contributed by atoms with E-state index in [1.807, 2.05) is 4.72 Å². The molecule has 0 spiro atoms. The van der Waals surface area contributed by atoms with Gasteiger partial charge in [-0.25, -0.2) is 12.8 Å². The standard InChI is InChI=1S/C11H9BrFNO4S/c1-2-3-9(11(15)16)14-19(17,18)10-5-4-7(13)6-8(10)12/h1,4-6,9,14H,3H2,(H,15,16). The summed E-state index contributed by atoms with van der Waals surface area (Å²) in [5.74, 6) is 0.0572. The first-order chi connectivity index (χ1) is 8.77. The van der Waals surface area contributed by atoms with Crippen molar-refractivity contribution in [1.29, 1.82) is 0 Å². The first kappa shape index (κ1) is 15.6. The normalized spacial score (nSPS) is 12.7. The molecule has 5 nitrogen and oxygen atoms in total. The Kier molecular flexibility index (Phi) is 5.05. The first-order valence-electron chi connectivity index (χ1n) is 4.91. The van der Waals surface area contributed by atoms with Crippen molar-refractivity contribution in [3.63, 3.8) is 0 Å². The summed E-state index contributed by atoms with van der Waals surface area (Å²) in [7, 11) is -4.11. The van der Waals surface area contributed by atoms with Crippen LogP contribution in [0, 0.1) is 18.2 Å². The molecule has 1 unspecified atom stereocenters. The monoisotopic (exact) mass is 349 g/mol. The van der Waals surface area contributed by atoms with Crippen LogP contribution in [0.25, 0.3) is 0 Å². The lowest BCUT2D eigenvalue weighted by atomic mass is 10.2. The van der Waals surface area contributed by atoms with Gasteiger partial charge in [-0.05, 0) is 34.1 Å². The molecule has 1 atom stereocenters. The minimum atomic E-state index is -4.11. The third kappa shape index (κ3) is 4.02. The van der Waals surface area contributed by atoms with Crippen LogP contribution >= 0.6 is 15.9 Å². The van der Waals surface area contributed by atoms with Crippen LogP contribution < -0.4 is 4.72 Å². The average molecular weight is 350 g/mol. The Hall–Kier alpha value is -1.43. The summed E-state index contributed by atoms with van der Waals surface area (Å²) >= 11 is 2.90. The third-order valence-corrected chi connectivity index (χ3v) is 4.55. The molecule has 2 N–H and O–H groups in total. The van der Waals surface area contributed by atoms with Crippen LogP contribution in [-0.4, -0.2) is 25.5 Å². The second-order valence-electron chi connectivity index (χ2n) is 3.50. The predicted octanol–water partition coefficient (Wildman–Crippen LogP) is 1.34. The van der Waals surface area contributed by atoms with Crippen molar-refractivity contribution in [2.45, 2.75) is 17.4 Å². The van der Waals surface area contributed by atoms with Gasteiger partial charge in [-0.3, -0.25) is 4.79 Å². The molecule has 0 heterocycles. The fourth-order valence-electron chi connectivity index (χ4n) is 1.24. The van der Waals surface area contributed by atoms with E-state index in [1.54, 1.807) is 0 Å². The maximum atomic E-state index is 12.9. The number of aliphatic carboxylic acids is 1. The van der Waals surface area contributed by atoms with Crippen molar-refractivity contribution < 1.29 is 22.7 Å². The van der Waals surface area contributed by atoms with Crippen LogP contribution in [0.5, 0.6) is 0 Å². The molecule has 102 valence electrons. The second-order valence-corrected chi connectivity index (χ2v) is 6.03. The fraction of sp³-hybridized carbons (Fsp3) is 0.182. The Balaban J connectivity index is 3.11. The minimum Gasteiger partial charge on any atom is -0.480 e. The Morgan fingerprint density at radius 2 is 2.21 bits per heavy atom. The largest absolute Gasteiger partial charge is 0.480 e. The third-order valence-electron chi connectivity index (χ3n) is 2.10. The van der Waals surface area contributed by atoms with E-state index in [1.165, 1.54) is 0 Å².